The van der Waals surface area contributed by atoms with Gasteiger partial charge in [0.15, 0.2) is 0 Å². The third-order valence-electron chi connectivity index (χ3n) is 11.4. The van der Waals surface area contributed by atoms with Gasteiger partial charge in [-0.25, -0.2) is 0 Å². The Morgan fingerprint density at radius 3 is 1.52 bits per heavy atom. The van der Waals surface area contributed by atoms with Crippen molar-refractivity contribution in [3.05, 3.63) is 182 Å². The molecule has 0 aliphatic heterocycles. The molecule has 2 nitrogen and oxygen atoms in total. The zero-order valence-corrected chi connectivity index (χ0v) is 29.1. The third-order valence-corrected chi connectivity index (χ3v) is 11.4. The summed E-state index contributed by atoms with van der Waals surface area (Å²) in [6, 6.07) is 65.7. The second kappa shape index (κ2) is 11.2. The summed E-state index contributed by atoms with van der Waals surface area (Å²) in [6.07, 6.45) is 0. The van der Waals surface area contributed by atoms with Crippen LogP contribution in [0.5, 0.6) is 0 Å². The molecule has 0 unspecified atom stereocenters. The molecule has 12 rings (SSSR count). The highest BCUT2D eigenvalue weighted by molar-refractivity contribution is 6.28. The van der Waals surface area contributed by atoms with E-state index in [2.05, 4.69) is 158 Å². The summed E-state index contributed by atoms with van der Waals surface area (Å²) < 4.78 is 12.9. The number of hydrogen-bond donors (Lipinski definition) is 0. The molecule has 0 saturated heterocycles. The van der Waals surface area contributed by atoms with Gasteiger partial charge in [-0.2, -0.15) is 0 Å². The van der Waals surface area contributed by atoms with Crippen molar-refractivity contribution < 1.29 is 8.83 Å². The van der Waals surface area contributed by atoms with Crippen LogP contribution in [-0.2, 0) is 0 Å². The van der Waals surface area contributed by atoms with Crippen LogP contribution in [0.15, 0.2) is 191 Å². The summed E-state index contributed by atoms with van der Waals surface area (Å²) in [6.45, 7) is 0. The van der Waals surface area contributed by atoms with E-state index < -0.39 is 0 Å². The maximum absolute atomic E-state index is 6.66. The van der Waals surface area contributed by atoms with Crippen molar-refractivity contribution in [2.75, 3.05) is 0 Å². The second-order valence-corrected chi connectivity index (χ2v) is 14.4. The fourth-order valence-electron chi connectivity index (χ4n) is 8.96. The van der Waals surface area contributed by atoms with Crippen LogP contribution in [0.3, 0.4) is 0 Å². The van der Waals surface area contributed by atoms with Crippen molar-refractivity contribution >= 4 is 87.0 Å². The molecular formula is C52H30O2. The fraction of sp³-hybridized carbons (Fsp3) is 0. The Kier molecular flexibility index (Phi) is 6.09. The summed E-state index contributed by atoms with van der Waals surface area (Å²) in [5.74, 6) is 0. The van der Waals surface area contributed by atoms with E-state index in [1.54, 1.807) is 0 Å². The van der Waals surface area contributed by atoms with Gasteiger partial charge < -0.3 is 8.83 Å². The normalized spacial score (nSPS) is 12.1. The van der Waals surface area contributed by atoms with Gasteiger partial charge >= 0.3 is 0 Å². The SMILES string of the molecule is c1ccc2cc(-c3c4ccccc4c(-c4ccc(-c5ccc6ccc7c(oc8ccc9oc%10ccccc%10c9c87)c6c5)cc4)c4ccccc34)ccc2c1. The topological polar surface area (TPSA) is 26.3 Å². The largest absolute Gasteiger partial charge is 0.456 e. The Bertz CT molecular complexity index is 3430. The molecule has 0 aliphatic rings. The van der Waals surface area contributed by atoms with Gasteiger partial charge in [-0.1, -0.05) is 146 Å². The lowest BCUT2D eigenvalue weighted by Gasteiger charge is -2.18. The van der Waals surface area contributed by atoms with Gasteiger partial charge in [0.25, 0.3) is 0 Å². The van der Waals surface area contributed by atoms with Crippen molar-refractivity contribution in [1.82, 2.24) is 0 Å². The Hall–Kier alpha value is -7.16. The predicted molar refractivity (Wildman–Crippen MR) is 227 cm³/mol. The first-order chi connectivity index (χ1) is 26.8. The maximum Gasteiger partial charge on any atom is 0.143 e. The Labute approximate surface area is 310 Å². The van der Waals surface area contributed by atoms with Crippen LogP contribution in [0.2, 0.25) is 0 Å². The van der Waals surface area contributed by atoms with E-state index in [4.69, 9.17) is 8.83 Å². The number of fused-ring (bicyclic) bond motifs is 12. The monoisotopic (exact) mass is 686 g/mol. The summed E-state index contributed by atoms with van der Waals surface area (Å²) in [5.41, 5.74) is 10.8. The van der Waals surface area contributed by atoms with Crippen LogP contribution in [-0.4, -0.2) is 0 Å². The maximum atomic E-state index is 6.66. The van der Waals surface area contributed by atoms with Crippen molar-refractivity contribution in [1.29, 1.82) is 0 Å². The number of hydrogen-bond acceptors (Lipinski definition) is 2. The minimum atomic E-state index is 0.873. The van der Waals surface area contributed by atoms with E-state index in [1.165, 1.54) is 60.1 Å². The van der Waals surface area contributed by atoms with E-state index in [0.29, 0.717) is 0 Å². The molecule has 2 heterocycles. The van der Waals surface area contributed by atoms with Crippen LogP contribution >= 0.6 is 0 Å². The molecule has 2 aromatic heterocycles. The molecule has 12 aromatic rings. The molecule has 0 saturated carbocycles. The van der Waals surface area contributed by atoms with Crippen molar-refractivity contribution in [3.63, 3.8) is 0 Å². The van der Waals surface area contributed by atoms with E-state index >= 15 is 0 Å². The molecule has 0 aliphatic carbocycles. The second-order valence-electron chi connectivity index (χ2n) is 14.4. The van der Waals surface area contributed by atoms with Gasteiger partial charge in [0.05, 0.1) is 0 Å². The molecule has 250 valence electrons. The lowest BCUT2D eigenvalue weighted by molar-refractivity contribution is 0.664. The zero-order chi connectivity index (χ0) is 35.3. The first-order valence-electron chi connectivity index (χ1n) is 18.5. The zero-order valence-electron chi connectivity index (χ0n) is 29.1. The molecule has 0 bridgehead atoms. The van der Waals surface area contributed by atoms with Crippen LogP contribution in [0.4, 0.5) is 0 Å². The molecule has 0 N–H and O–H groups in total. The molecule has 0 fully saturated rings. The van der Waals surface area contributed by atoms with Crippen LogP contribution in [0, 0.1) is 0 Å². The molecule has 0 radical (unpaired) electrons. The molecule has 2 heteroatoms. The number of para-hydroxylation sites is 1. The van der Waals surface area contributed by atoms with Crippen LogP contribution in [0.25, 0.3) is 120 Å². The van der Waals surface area contributed by atoms with Gasteiger partial charge in [0.2, 0.25) is 0 Å². The van der Waals surface area contributed by atoms with Gasteiger partial charge in [-0.3, -0.25) is 0 Å². The van der Waals surface area contributed by atoms with Crippen molar-refractivity contribution in [3.8, 4) is 33.4 Å². The number of furan rings is 2. The van der Waals surface area contributed by atoms with E-state index in [1.807, 2.05) is 24.3 Å². The lowest BCUT2D eigenvalue weighted by atomic mass is 9.85. The molecule has 0 atom stereocenters. The highest BCUT2D eigenvalue weighted by Crippen LogP contribution is 2.45. The molecular weight excluding hydrogens is 657 g/mol. The summed E-state index contributed by atoms with van der Waals surface area (Å²) in [7, 11) is 0. The van der Waals surface area contributed by atoms with Gasteiger partial charge in [0.1, 0.15) is 22.3 Å². The quantitative estimate of drug-likeness (QED) is 0.173. The minimum Gasteiger partial charge on any atom is -0.456 e. The first-order valence-corrected chi connectivity index (χ1v) is 18.5. The van der Waals surface area contributed by atoms with Crippen molar-refractivity contribution in [2.45, 2.75) is 0 Å². The molecule has 0 amide bonds. The van der Waals surface area contributed by atoms with Crippen molar-refractivity contribution in [2.24, 2.45) is 0 Å². The Morgan fingerprint density at radius 2 is 0.778 bits per heavy atom. The molecule has 54 heavy (non-hydrogen) atoms. The predicted octanol–water partition coefficient (Wildman–Crippen LogP) is 15.1. The van der Waals surface area contributed by atoms with E-state index in [9.17, 15) is 0 Å². The van der Waals surface area contributed by atoms with Gasteiger partial charge in [0, 0.05) is 26.9 Å². The average Bonchev–Trinajstić information content (AvgIpc) is 3.81. The van der Waals surface area contributed by atoms with Crippen LogP contribution < -0.4 is 0 Å². The fourth-order valence-corrected chi connectivity index (χ4v) is 8.96. The standard InChI is InChI=1S/C52H30O2/c1-2-10-35-29-37(24-19-31(35)9-1)49-40-13-5-3-11-38(40)48(39-12-4-6-14-41(39)49)34-21-17-32(18-22-34)36-23-20-33-25-26-43-51-47(54-52(43)44(33)30-36)28-27-46-50(51)42-15-7-8-16-45(42)53-46/h1-30H. The average molecular weight is 687 g/mol. The highest BCUT2D eigenvalue weighted by atomic mass is 16.3. The Morgan fingerprint density at radius 1 is 0.259 bits per heavy atom. The van der Waals surface area contributed by atoms with Crippen LogP contribution in [0.1, 0.15) is 0 Å². The van der Waals surface area contributed by atoms with Gasteiger partial charge in [-0.05, 0) is 107 Å². The number of benzene rings is 10. The summed E-state index contributed by atoms with van der Waals surface area (Å²) in [4.78, 5) is 0. The van der Waals surface area contributed by atoms with Gasteiger partial charge in [-0.15, -0.1) is 0 Å². The molecule has 10 aromatic carbocycles. The Balaban J connectivity index is 1.01. The highest BCUT2D eigenvalue weighted by Gasteiger charge is 2.19. The lowest BCUT2D eigenvalue weighted by Crippen LogP contribution is -1.91. The number of rotatable bonds is 3. The smallest absolute Gasteiger partial charge is 0.143 e. The minimum absolute atomic E-state index is 0.873. The summed E-state index contributed by atoms with van der Waals surface area (Å²) in [5, 5.41) is 14.2. The summed E-state index contributed by atoms with van der Waals surface area (Å²) >= 11 is 0. The van der Waals surface area contributed by atoms with E-state index in [-0.39, 0.29) is 0 Å². The first kappa shape index (κ1) is 29.4. The van der Waals surface area contributed by atoms with E-state index in [0.717, 1.165) is 60.2 Å². The molecule has 0 spiro atoms. The third kappa shape index (κ3) is 4.22.